The van der Waals surface area contributed by atoms with Gasteiger partial charge in [-0.15, -0.1) is 0 Å². The number of fused-ring (bicyclic) bond motifs is 1. The molecule has 0 radical (unpaired) electrons. The number of aliphatic hydroxyl groups excluding tert-OH is 1. The Kier molecular flexibility index (Phi) is 3.17. The Hall–Kier alpha value is -1.59. The van der Waals surface area contributed by atoms with E-state index < -0.39 is 0 Å². The Morgan fingerprint density at radius 2 is 2.06 bits per heavy atom. The second-order valence-electron chi connectivity index (χ2n) is 4.52. The van der Waals surface area contributed by atoms with Gasteiger partial charge in [-0.05, 0) is 12.1 Å². The van der Waals surface area contributed by atoms with Gasteiger partial charge in [0.1, 0.15) is 11.4 Å². The van der Waals surface area contributed by atoms with Gasteiger partial charge in [0.05, 0.1) is 18.3 Å². The van der Waals surface area contributed by atoms with Crippen molar-refractivity contribution in [2.75, 3.05) is 44.2 Å². The van der Waals surface area contributed by atoms with Crippen molar-refractivity contribution in [1.82, 2.24) is 9.88 Å². The number of nitrogens with zero attached hydrogens (tertiary/aromatic N) is 3. The number of furan rings is 1. The largest absolute Gasteiger partial charge is 0.464 e. The van der Waals surface area contributed by atoms with Crippen molar-refractivity contribution in [2.45, 2.75) is 0 Å². The van der Waals surface area contributed by atoms with E-state index in [1.807, 2.05) is 12.1 Å². The number of anilines is 1. The van der Waals surface area contributed by atoms with Crippen LogP contribution in [0, 0.1) is 0 Å². The lowest BCUT2D eigenvalue weighted by molar-refractivity contribution is 0.188. The Balaban J connectivity index is 1.78. The summed E-state index contributed by atoms with van der Waals surface area (Å²) in [5.74, 6) is 1.00. The van der Waals surface area contributed by atoms with Gasteiger partial charge in [-0.3, -0.25) is 4.90 Å². The van der Waals surface area contributed by atoms with E-state index in [-0.39, 0.29) is 6.61 Å². The minimum Gasteiger partial charge on any atom is -0.464 e. The Morgan fingerprint density at radius 1 is 1.22 bits per heavy atom. The van der Waals surface area contributed by atoms with Gasteiger partial charge in [-0.2, -0.15) is 0 Å². The molecule has 0 aromatic carbocycles. The maximum atomic E-state index is 8.93. The maximum absolute atomic E-state index is 8.93. The van der Waals surface area contributed by atoms with Crippen LogP contribution in [0.15, 0.2) is 29.0 Å². The molecule has 0 unspecified atom stereocenters. The molecular weight excluding hydrogens is 230 g/mol. The standard InChI is InChI=1S/C13H17N3O2/c17-9-8-15-4-6-16(7-5-15)13-11-2-10-18-12(11)1-3-14-13/h1-3,10,17H,4-9H2. The van der Waals surface area contributed by atoms with Gasteiger partial charge in [-0.25, -0.2) is 4.98 Å². The van der Waals surface area contributed by atoms with Crippen molar-refractivity contribution >= 4 is 16.8 Å². The van der Waals surface area contributed by atoms with Crippen LogP contribution >= 0.6 is 0 Å². The van der Waals surface area contributed by atoms with Gasteiger partial charge in [-0.1, -0.05) is 0 Å². The predicted molar refractivity (Wildman–Crippen MR) is 69.7 cm³/mol. The Morgan fingerprint density at radius 3 is 2.83 bits per heavy atom. The summed E-state index contributed by atoms with van der Waals surface area (Å²) in [6, 6.07) is 3.86. The van der Waals surface area contributed by atoms with Crippen molar-refractivity contribution in [3.05, 3.63) is 24.6 Å². The fraction of sp³-hybridized carbons (Fsp3) is 0.462. The molecule has 5 nitrogen and oxygen atoms in total. The van der Waals surface area contributed by atoms with E-state index in [2.05, 4.69) is 14.8 Å². The van der Waals surface area contributed by atoms with Crippen LogP contribution in [-0.2, 0) is 0 Å². The quantitative estimate of drug-likeness (QED) is 0.875. The van der Waals surface area contributed by atoms with E-state index >= 15 is 0 Å². The molecule has 0 aliphatic carbocycles. The first-order chi connectivity index (χ1) is 8.88. The lowest BCUT2D eigenvalue weighted by Gasteiger charge is -2.35. The van der Waals surface area contributed by atoms with Gasteiger partial charge in [0.25, 0.3) is 0 Å². The molecule has 0 atom stereocenters. The molecule has 0 bridgehead atoms. The summed E-state index contributed by atoms with van der Waals surface area (Å²) in [4.78, 5) is 9.03. The smallest absolute Gasteiger partial charge is 0.139 e. The van der Waals surface area contributed by atoms with Gasteiger partial charge in [0.15, 0.2) is 0 Å². The van der Waals surface area contributed by atoms with Crippen molar-refractivity contribution in [2.24, 2.45) is 0 Å². The molecule has 18 heavy (non-hydrogen) atoms. The zero-order valence-corrected chi connectivity index (χ0v) is 10.2. The molecule has 1 fully saturated rings. The van der Waals surface area contributed by atoms with E-state index in [0.717, 1.165) is 49.5 Å². The summed E-state index contributed by atoms with van der Waals surface area (Å²) >= 11 is 0. The minimum atomic E-state index is 0.232. The van der Waals surface area contributed by atoms with Gasteiger partial charge in [0.2, 0.25) is 0 Å². The third-order valence-electron chi connectivity index (χ3n) is 3.45. The number of rotatable bonds is 3. The van der Waals surface area contributed by atoms with Crippen LogP contribution in [0.1, 0.15) is 0 Å². The molecule has 5 heteroatoms. The molecule has 2 aromatic heterocycles. The van der Waals surface area contributed by atoms with Crippen LogP contribution in [0.5, 0.6) is 0 Å². The highest BCUT2D eigenvalue weighted by Crippen LogP contribution is 2.25. The highest BCUT2D eigenvalue weighted by Gasteiger charge is 2.19. The summed E-state index contributed by atoms with van der Waals surface area (Å²) in [5.41, 5.74) is 0.887. The SMILES string of the molecule is OCCN1CCN(c2nccc3occc23)CC1. The van der Waals surface area contributed by atoms with E-state index in [4.69, 9.17) is 9.52 Å². The van der Waals surface area contributed by atoms with E-state index in [1.54, 1.807) is 12.5 Å². The van der Waals surface area contributed by atoms with Crippen LogP contribution < -0.4 is 4.90 Å². The van der Waals surface area contributed by atoms with Crippen LogP contribution in [0.25, 0.3) is 11.0 Å². The first kappa shape index (κ1) is 11.5. The molecule has 0 spiro atoms. The Bertz CT molecular complexity index is 518. The maximum Gasteiger partial charge on any atom is 0.139 e. The van der Waals surface area contributed by atoms with Gasteiger partial charge in [0, 0.05) is 38.9 Å². The summed E-state index contributed by atoms with van der Waals surface area (Å²) in [7, 11) is 0. The predicted octanol–water partition coefficient (Wildman–Crippen LogP) is 0.942. The first-order valence-electron chi connectivity index (χ1n) is 6.29. The van der Waals surface area contributed by atoms with Gasteiger partial charge >= 0.3 is 0 Å². The molecule has 96 valence electrons. The number of hydrogen-bond acceptors (Lipinski definition) is 5. The topological polar surface area (TPSA) is 52.7 Å². The first-order valence-corrected chi connectivity index (χ1v) is 6.29. The van der Waals surface area contributed by atoms with Crippen molar-refractivity contribution in [3.63, 3.8) is 0 Å². The third kappa shape index (κ3) is 2.07. The molecular formula is C13H17N3O2. The van der Waals surface area contributed by atoms with Crippen LogP contribution in [0.2, 0.25) is 0 Å². The van der Waals surface area contributed by atoms with E-state index in [1.165, 1.54) is 0 Å². The average molecular weight is 247 g/mol. The fourth-order valence-corrected chi connectivity index (χ4v) is 2.46. The van der Waals surface area contributed by atoms with E-state index in [9.17, 15) is 0 Å². The molecule has 3 rings (SSSR count). The summed E-state index contributed by atoms with van der Waals surface area (Å²) in [6.07, 6.45) is 3.50. The van der Waals surface area contributed by atoms with Crippen LogP contribution in [0.4, 0.5) is 5.82 Å². The average Bonchev–Trinajstić information content (AvgIpc) is 2.88. The monoisotopic (exact) mass is 247 g/mol. The highest BCUT2D eigenvalue weighted by atomic mass is 16.3. The zero-order valence-electron chi connectivity index (χ0n) is 10.2. The second kappa shape index (κ2) is 4.96. The number of aromatic nitrogens is 1. The lowest BCUT2D eigenvalue weighted by atomic mass is 10.2. The molecule has 2 aromatic rings. The summed E-state index contributed by atoms with van der Waals surface area (Å²) in [5, 5.41) is 10.0. The summed E-state index contributed by atoms with van der Waals surface area (Å²) < 4.78 is 5.40. The van der Waals surface area contributed by atoms with Crippen molar-refractivity contribution in [1.29, 1.82) is 0 Å². The van der Waals surface area contributed by atoms with Crippen LogP contribution in [-0.4, -0.2) is 54.3 Å². The lowest BCUT2D eigenvalue weighted by Crippen LogP contribution is -2.47. The van der Waals surface area contributed by atoms with Crippen molar-refractivity contribution < 1.29 is 9.52 Å². The Labute approximate surface area is 106 Å². The highest BCUT2D eigenvalue weighted by molar-refractivity contribution is 5.88. The number of pyridine rings is 1. The molecule has 1 N–H and O–H groups in total. The van der Waals surface area contributed by atoms with Gasteiger partial charge < -0.3 is 14.4 Å². The third-order valence-corrected chi connectivity index (χ3v) is 3.45. The number of piperazine rings is 1. The van der Waals surface area contributed by atoms with Crippen LogP contribution in [0.3, 0.4) is 0 Å². The normalized spacial score (nSPS) is 17.5. The number of β-amino-alcohol motifs (C(OH)–C–C–N with tert-alkyl or cyclic N) is 1. The summed E-state index contributed by atoms with van der Waals surface area (Å²) in [6.45, 7) is 4.81. The molecule has 0 saturated carbocycles. The fourth-order valence-electron chi connectivity index (χ4n) is 2.46. The molecule has 1 aliphatic rings. The number of hydrogen-bond donors (Lipinski definition) is 1. The number of aliphatic hydroxyl groups is 1. The zero-order chi connectivity index (χ0) is 12.4. The molecule has 0 amide bonds. The minimum absolute atomic E-state index is 0.232. The van der Waals surface area contributed by atoms with E-state index in [0.29, 0.717) is 0 Å². The molecule has 3 heterocycles. The van der Waals surface area contributed by atoms with Crippen molar-refractivity contribution in [3.8, 4) is 0 Å². The molecule has 1 aliphatic heterocycles. The molecule has 1 saturated heterocycles. The second-order valence-corrected chi connectivity index (χ2v) is 4.52.